The first-order valence-electron chi connectivity index (χ1n) is 7.61. The van der Waals surface area contributed by atoms with E-state index in [0.29, 0.717) is 13.0 Å². The lowest BCUT2D eigenvalue weighted by Gasteiger charge is -2.34. The summed E-state index contributed by atoms with van der Waals surface area (Å²) in [4.78, 5) is 37.4. The van der Waals surface area contributed by atoms with Crippen LogP contribution < -0.4 is 5.32 Å². The first-order chi connectivity index (χ1) is 11.3. The molecule has 1 saturated heterocycles. The van der Waals surface area contributed by atoms with E-state index in [4.69, 9.17) is 23.2 Å². The summed E-state index contributed by atoms with van der Waals surface area (Å²) in [6, 6.07) is 2.93. The van der Waals surface area contributed by atoms with Crippen LogP contribution in [-0.2, 0) is 9.59 Å². The second-order valence-electron chi connectivity index (χ2n) is 5.68. The van der Waals surface area contributed by atoms with Crippen LogP contribution in [-0.4, -0.2) is 46.4 Å². The first kappa shape index (κ1) is 18.5. The van der Waals surface area contributed by atoms with Gasteiger partial charge in [-0.3, -0.25) is 9.59 Å². The van der Waals surface area contributed by atoms with Gasteiger partial charge in [-0.1, -0.05) is 29.3 Å². The summed E-state index contributed by atoms with van der Waals surface area (Å²) < 4.78 is 0. The van der Waals surface area contributed by atoms with E-state index >= 15 is 0 Å². The number of amides is 2. The van der Waals surface area contributed by atoms with E-state index in [1.165, 1.54) is 17.9 Å². The molecule has 0 aromatic heterocycles. The lowest BCUT2D eigenvalue weighted by molar-refractivity contribution is -0.152. The average Bonchev–Trinajstić information content (AvgIpc) is 2.56. The Morgan fingerprint density at radius 3 is 2.67 bits per heavy atom. The minimum absolute atomic E-state index is 0.109. The van der Waals surface area contributed by atoms with E-state index in [0.717, 1.165) is 12.8 Å². The van der Waals surface area contributed by atoms with E-state index in [9.17, 15) is 19.5 Å². The number of piperidine rings is 1. The molecule has 0 spiro atoms. The minimum atomic E-state index is -1.03. The maximum absolute atomic E-state index is 12.5. The molecular weight excluding hydrogens is 355 g/mol. The van der Waals surface area contributed by atoms with Gasteiger partial charge in [-0.2, -0.15) is 0 Å². The molecule has 1 aromatic carbocycles. The predicted molar refractivity (Wildman–Crippen MR) is 90.4 cm³/mol. The largest absolute Gasteiger partial charge is 0.480 e. The fraction of sp³-hybridized carbons (Fsp3) is 0.438. The fourth-order valence-corrected chi connectivity index (χ4v) is 3.10. The second kappa shape index (κ2) is 7.85. The number of rotatable bonds is 4. The van der Waals surface area contributed by atoms with E-state index in [-0.39, 0.29) is 15.6 Å². The molecular formula is C16H18Cl2N2O4. The maximum atomic E-state index is 12.5. The predicted octanol–water partition coefficient (Wildman–Crippen LogP) is 2.58. The number of aliphatic carboxylic acids is 1. The zero-order chi connectivity index (χ0) is 17.9. The van der Waals surface area contributed by atoms with Gasteiger partial charge in [0.1, 0.15) is 12.1 Å². The van der Waals surface area contributed by atoms with Crippen molar-refractivity contribution in [1.29, 1.82) is 0 Å². The molecule has 1 heterocycles. The molecule has 1 fully saturated rings. The van der Waals surface area contributed by atoms with Gasteiger partial charge in [-0.05, 0) is 38.3 Å². The Morgan fingerprint density at radius 2 is 2.00 bits per heavy atom. The lowest BCUT2D eigenvalue weighted by Crippen LogP contribution is -2.54. The Labute approximate surface area is 149 Å². The highest BCUT2D eigenvalue weighted by molar-refractivity contribution is 6.43. The molecule has 2 N–H and O–H groups in total. The summed E-state index contributed by atoms with van der Waals surface area (Å²) >= 11 is 11.9. The monoisotopic (exact) mass is 372 g/mol. The quantitative estimate of drug-likeness (QED) is 0.850. The molecule has 0 aliphatic carbocycles. The van der Waals surface area contributed by atoms with Crippen LogP contribution in [0.3, 0.4) is 0 Å². The van der Waals surface area contributed by atoms with Gasteiger partial charge in [0.25, 0.3) is 5.91 Å². The van der Waals surface area contributed by atoms with Crippen molar-refractivity contribution in [2.24, 2.45) is 0 Å². The number of carboxylic acid groups (broad SMARTS) is 1. The number of carbonyl (C=O) groups excluding carboxylic acids is 2. The van der Waals surface area contributed by atoms with E-state index < -0.39 is 29.9 Å². The number of halogens is 2. The van der Waals surface area contributed by atoms with Crippen molar-refractivity contribution < 1.29 is 19.5 Å². The summed E-state index contributed by atoms with van der Waals surface area (Å²) in [6.07, 6.45) is 1.93. The third-order valence-corrected chi connectivity index (χ3v) is 4.80. The number of nitrogens with one attached hydrogen (secondary N) is 1. The first-order valence-corrected chi connectivity index (χ1v) is 8.36. The highest BCUT2D eigenvalue weighted by Gasteiger charge is 2.34. The SMILES string of the molecule is CC(NC(=O)c1cccc(Cl)c1Cl)C(=O)N1CCCC[C@@H]1C(=O)O. The molecule has 0 radical (unpaired) electrons. The molecule has 2 atom stereocenters. The smallest absolute Gasteiger partial charge is 0.326 e. The van der Waals surface area contributed by atoms with Crippen LogP contribution in [0.5, 0.6) is 0 Å². The molecule has 1 aromatic rings. The number of benzene rings is 1. The highest BCUT2D eigenvalue weighted by Crippen LogP contribution is 2.25. The topological polar surface area (TPSA) is 86.7 Å². The zero-order valence-electron chi connectivity index (χ0n) is 13.1. The summed E-state index contributed by atoms with van der Waals surface area (Å²) in [5, 5.41) is 12.2. The van der Waals surface area contributed by atoms with Crippen LogP contribution >= 0.6 is 23.2 Å². The molecule has 1 unspecified atom stereocenters. The van der Waals surface area contributed by atoms with Gasteiger partial charge in [0.15, 0.2) is 0 Å². The lowest BCUT2D eigenvalue weighted by atomic mass is 10.0. The van der Waals surface area contributed by atoms with Gasteiger partial charge < -0.3 is 15.3 Å². The van der Waals surface area contributed by atoms with E-state index in [2.05, 4.69) is 5.32 Å². The molecule has 6 nitrogen and oxygen atoms in total. The molecule has 2 amide bonds. The van der Waals surface area contributed by atoms with Gasteiger partial charge in [0.05, 0.1) is 15.6 Å². The number of hydrogen-bond acceptors (Lipinski definition) is 3. The van der Waals surface area contributed by atoms with Crippen LogP contribution in [0.1, 0.15) is 36.5 Å². The molecule has 130 valence electrons. The molecule has 1 aliphatic heterocycles. The number of carboxylic acids is 1. The molecule has 1 aliphatic rings. The van der Waals surface area contributed by atoms with Crippen LogP contribution in [0.4, 0.5) is 0 Å². The number of hydrogen-bond donors (Lipinski definition) is 2. The molecule has 2 rings (SSSR count). The second-order valence-corrected chi connectivity index (χ2v) is 6.46. The van der Waals surface area contributed by atoms with Gasteiger partial charge in [0, 0.05) is 6.54 Å². The Bertz CT molecular complexity index is 665. The standard InChI is InChI=1S/C16H18Cl2N2O4/c1-9(15(22)20-8-3-2-7-12(20)16(23)24)19-14(21)10-5-4-6-11(17)13(10)18/h4-6,9,12H,2-3,7-8H2,1H3,(H,19,21)(H,23,24)/t9?,12-/m1/s1. The van der Waals surface area contributed by atoms with Crippen molar-refractivity contribution in [2.75, 3.05) is 6.54 Å². The third-order valence-electron chi connectivity index (χ3n) is 3.99. The van der Waals surface area contributed by atoms with Crippen molar-refractivity contribution in [3.63, 3.8) is 0 Å². The summed E-state index contributed by atoms with van der Waals surface area (Å²) in [5.41, 5.74) is 0.164. The van der Waals surface area contributed by atoms with E-state index in [1.54, 1.807) is 12.1 Å². The van der Waals surface area contributed by atoms with Crippen molar-refractivity contribution in [2.45, 2.75) is 38.3 Å². The summed E-state index contributed by atoms with van der Waals surface area (Å²) in [7, 11) is 0. The maximum Gasteiger partial charge on any atom is 0.326 e. The Morgan fingerprint density at radius 1 is 1.29 bits per heavy atom. The van der Waals surface area contributed by atoms with Crippen molar-refractivity contribution >= 4 is 41.0 Å². The van der Waals surface area contributed by atoms with Gasteiger partial charge in [0.2, 0.25) is 5.91 Å². The Balaban J connectivity index is 2.09. The molecule has 0 saturated carbocycles. The fourth-order valence-electron chi connectivity index (χ4n) is 2.72. The third kappa shape index (κ3) is 3.99. The number of carbonyl (C=O) groups is 3. The number of likely N-dealkylation sites (tertiary alicyclic amines) is 1. The normalized spacial score (nSPS) is 18.8. The summed E-state index contributed by atoms with van der Waals surface area (Å²) in [5.74, 6) is -1.99. The van der Waals surface area contributed by atoms with Crippen molar-refractivity contribution in [3.8, 4) is 0 Å². The van der Waals surface area contributed by atoms with Crippen LogP contribution in [0.2, 0.25) is 10.0 Å². The van der Waals surface area contributed by atoms with Crippen molar-refractivity contribution in [1.82, 2.24) is 10.2 Å². The van der Waals surface area contributed by atoms with Crippen LogP contribution in [0.15, 0.2) is 18.2 Å². The number of nitrogens with zero attached hydrogens (tertiary/aromatic N) is 1. The molecule has 0 bridgehead atoms. The van der Waals surface area contributed by atoms with Crippen LogP contribution in [0.25, 0.3) is 0 Å². The average molecular weight is 373 g/mol. The van der Waals surface area contributed by atoms with Gasteiger partial charge >= 0.3 is 5.97 Å². The van der Waals surface area contributed by atoms with Gasteiger partial charge in [-0.15, -0.1) is 0 Å². The van der Waals surface area contributed by atoms with Crippen LogP contribution in [0, 0.1) is 0 Å². The minimum Gasteiger partial charge on any atom is -0.480 e. The van der Waals surface area contributed by atoms with Gasteiger partial charge in [-0.25, -0.2) is 4.79 Å². The van der Waals surface area contributed by atoms with E-state index in [1.807, 2.05) is 0 Å². The summed E-state index contributed by atoms with van der Waals surface area (Å²) in [6.45, 7) is 1.89. The van der Waals surface area contributed by atoms with Crippen molar-refractivity contribution in [3.05, 3.63) is 33.8 Å². The Kier molecular flexibility index (Phi) is 6.07. The Hall–Kier alpha value is -1.79. The highest BCUT2D eigenvalue weighted by atomic mass is 35.5. The molecule has 8 heteroatoms. The zero-order valence-corrected chi connectivity index (χ0v) is 14.6. The molecule has 24 heavy (non-hydrogen) atoms.